The fourth-order valence-electron chi connectivity index (χ4n) is 2.38. The van der Waals surface area contributed by atoms with Crippen LogP contribution in [0.3, 0.4) is 0 Å². The predicted molar refractivity (Wildman–Crippen MR) is 81.7 cm³/mol. The van der Waals surface area contributed by atoms with Crippen LogP contribution in [0, 0.1) is 0 Å². The first kappa shape index (κ1) is 14.1. The first-order chi connectivity index (χ1) is 10.6. The monoisotopic (exact) mass is 299 g/mol. The summed E-state index contributed by atoms with van der Waals surface area (Å²) in [6, 6.07) is 7.19. The van der Waals surface area contributed by atoms with Crippen molar-refractivity contribution in [2.24, 2.45) is 7.05 Å². The highest BCUT2D eigenvalue weighted by Crippen LogP contribution is 2.21. The van der Waals surface area contributed by atoms with Gasteiger partial charge in [-0.15, -0.1) is 10.2 Å². The molecule has 2 N–H and O–H groups in total. The molecule has 7 heteroatoms. The van der Waals surface area contributed by atoms with Crippen LogP contribution < -0.4 is 10.1 Å². The second kappa shape index (κ2) is 5.51. The number of aromatic amines is 1. The number of nitrogens with zero attached hydrogens (tertiary/aromatic N) is 3. The molecule has 3 aromatic rings. The Kier molecular flexibility index (Phi) is 3.54. The maximum atomic E-state index is 12.4. The molecule has 0 saturated carbocycles. The Morgan fingerprint density at radius 1 is 1.41 bits per heavy atom. The Morgan fingerprint density at radius 3 is 2.91 bits per heavy atom. The molecule has 0 spiro atoms. The Balaban J connectivity index is 1.81. The lowest BCUT2D eigenvalue weighted by atomic mass is 10.2. The molecule has 0 radical (unpaired) electrons. The molecule has 7 nitrogen and oxygen atoms in total. The van der Waals surface area contributed by atoms with Gasteiger partial charge in [0.25, 0.3) is 5.91 Å². The molecule has 1 aromatic carbocycles. The van der Waals surface area contributed by atoms with Gasteiger partial charge in [0.15, 0.2) is 5.82 Å². The largest absolute Gasteiger partial charge is 0.497 e. The standard InChI is InChI=1S/C15H17N5O2/c1-9(14-19-16-8-20(14)2)17-15(21)13-7-10-6-11(22-3)4-5-12(10)18-13/h4-9,18H,1-3H3,(H,17,21). The van der Waals surface area contributed by atoms with E-state index in [4.69, 9.17) is 4.74 Å². The number of rotatable bonds is 4. The van der Waals surface area contributed by atoms with Crippen LogP contribution >= 0.6 is 0 Å². The summed E-state index contributed by atoms with van der Waals surface area (Å²) in [6.07, 6.45) is 1.60. The van der Waals surface area contributed by atoms with Gasteiger partial charge in [0.2, 0.25) is 0 Å². The molecule has 0 aliphatic carbocycles. The van der Waals surface area contributed by atoms with Gasteiger partial charge < -0.3 is 19.6 Å². The number of hydrogen-bond acceptors (Lipinski definition) is 4. The second-order valence-electron chi connectivity index (χ2n) is 5.13. The smallest absolute Gasteiger partial charge is 0.268 e. The number of fused-ring (bicyclic) bond motifs is 1. The minimum Gasteiger partial charge on any atom is -0.497 e. The van der Waals surface area contributed by atoms with E-state index in [2.05, 4.69) is 20.5 Å². The lowest BCUT2D eigenvalue weighted by Gasteiger charge is -2.11. The van der Waals surface area contributed by atoms with Gasteiger partial charge in [0.05, 0.1) is 13.2 Å². The Labute approximate surface area is 127 Å². The molecular formula is C15H17N5O2. The first-order valence-corrected chi connectivity index (χ1v) is 6.90. The number of ether oxygens (including phenoxy) is 1. The summed E-state index contributed by atoms with van der Waals surface area (Å²) >= 11 is 0. The van der Waals surface area contributed by atoms with Gasteiger partial charge in [-0.3, -0.25) is 4.79 Å². The van der Waals surface area contributed by atoms with Gasteiger partial charge in [0.1, 0.15) is 17.8 Å². The fraction of sp³-hybridized carbons (Fsp3) is 0.267. The normalized spacial score (nSPS) is 12.3. The Hall–Kier alpha value is -2.83. The number of hydrogen-bond donors (Lipinski definition) is 2. The van der Waals surface area contributed by atoms with Crippen molar-refractivity contribution in [3.63, 3.8) is 0 Å². The summed E-state index contributed by atoms with van der Waals surface area (Å²) in [7, 11) is 3.46. The quantitative estimate of drug-likeness (QED) is 0.769. The average molecular weight is 299 g/mol. The van der Waals surface area contributed by atoms with Crippen molar-refractivity contribution in [1.82, 2.24) is 25.1 Å². The number of H-pyrrole nitrogens is 1. The zero-order valence-electron chi connectivity index (χ0n) is 12.6. The fourth-order valence-corrected chi connectivity index (χ4v) is 2.38. The van der Waals surface area contributed by atoms with Crippen LogP contribution in [-0.2, 0) is 7.05 Å². The van der Waals surface area contributed by atoms with Gasteiger partial charge in [0, 0.05) is 18.0 Å². The Morgan fingerprint density at radius 2 is 2.23 bits per heavy atom. The minimum absolute atomic E-state index is 0.189. The third-order valence-electron chi connectivity index (χ3n) is 3.55. The topological polar surface area (TPSA) is 84.8 Å². The number of amides is 1. The third kappa shape index (κ3) is 2.52. The van der Waals surface area contributed by atoms with Gasteiger partial charge >= 0.3 is 0 Å². The van der Waals surface area contributed by atoms with Crippen LogP contribution in [0.1, 0.15) is 29.3 Å². The van der Waals surface area contributed by atoms with E-state index in [0.29, 0.717) is 11.5 Å². The molecule has 0 aliphatic rings. The van der Waals surface area contributed by atoms with Crippen molar-refractivity contribution in [3.05, 3.63) is 42.1 Å². The van der Waals surface area contributed by atoms with Crippen LogP contribution in [0.5, 0.6) is 5.75 Å². The number of benzene rings is 1. The average Bonchev–Trinajstić information content (AvgIpc) is 3.12. The van der Waals surface area contributed by atoms with Crippen molar-refractivity contribution in [3.8, 4) is 5.75 Å². The van der Waals surface area contributed by atoms with Crippen LogP contribution in [0.2, 0.25) is 0 Å². The molecule has 0 fully saturated rings. The zero-order valence-corrected chi connectivity index (χ0v) is 12.6. The predicted octanol–water partition coefficient (Wildman–Crippen LogP) is 1.80. The molecule has 1 unspecified atom stereocenters. The summed E-state index contributed by atoms with van der Waals surface area (Å²) in [5.74, 6) is 1.27. The number of aryl methyl sites for hydroxylation is 1. The number of carbonyl (C=O) groups excluding carboxylic acids is 1. The van der Waals surface area contributed by atoms with Crippen LogP contribution in [0.25, 0.3) is 10.9 Å². The van der Waals surface area contributed by atoms with Crippen LogP contribution in [0.4, 0.5) is 0 Å². The molecule has 0 saturated heterocycles. The Bertz CT molecular complexity index is 820. The van der Waals surface area contributed by atoms with Gasteiger partial charge in [-0.25, -0.2) is 0 Å². The van der Waals surface area contributed by atoms with E-state index in [-0.39, 0.29) is 11.9 Å². The lowest BCUT2D eigenvalue weighted by molar-refractivity contribution is 0.0933. The van der Waals surface area contributed by atoms with Crippen LogP contribution in [0.15, 0.2) is 30.6 Å². The molecule has 0 aliphatic heterocycles. The van der Waals surface area contributed by atoms with Crippen molar-refractivity contribution in [2.75, 3.05) is 7.11 Å². The zero-order chi connectivity index (χ0) is 15.7. The van der Waals surface area contributed by atoms with Crippen LogP contribution in [-0.4, -0.2) is 32.8 Å². The molecule has 22 heavy (non-hydrogen) atoms. The highest BCUT2D eigenvalue weighted by atomic mass is 16.5. The maximum absolute atomic E-state index is 12.4. The number of carbonyl (C=O) groups is 1. The van der Waals surface area contributed by atoms with E-state index < -0.39 is 0 Å². The van der Waals surface area contributed by atoms with Crippen molar-refractivity contribution < 1.29 is 9.53 Å². The summed E-state index contributed by atoms with van der Waals surface area (Å²) in [5.41, 5.74) is 1.38. The number of aromatic nitrogens is 4. The molecular weight excluding hydrogens is 282 g/mol. The molecule has 1 atom stereocenters. The van der Waals surface area contributed by atoms with Gasteiger partial charge in [-0.05, 0) is 31.2 Å². The second-order valence-corrected chi connectivity index (χ2v) is 5.13. The highest BCUT2D eigenvalue weighted by Gasteiger charge is 2.17. The van der Waals surface area contributed by atoms with Crippen molar-refractivity contribution in [2.45, 2.75) is 13.0 Å². The van der Waals surface area contributed by atoms with E-state index in [1.165, 1.54) is 0 Å². The lowest BCUT2D eigenvalue weighted by Crippen LogP contribution is -2.28. The van der Waals surface area contributed by atoms with Gasteiger partial charge in [-0.2, -0.15) is 0 Å². The van der Waals surface area contributed by atoms with E-state index in [1.54, 1.807) is 24.1 Å². The molecule has 1 amide bonds. The molecule has 3 rings (SSSR count). The molecule has 2 aromatic heterocycles. The van der Waals surface area contributed by atoms with E-state index >= 15 is 0 Å². The maximum Gasteiger partial charge on any atom is 0.268 e. The van der Waals surface area contributed by atoms with E-state index in [0.717, 1.165) is 16.7 Å². The van der Waals surface area contributed by atoms with Crippen molar-refractivity contribution >= 4 is 16.8 Å². The highest BCUT2D eigenvalue weighted by molar-refractivity contribution is 5.98. The minimum atomic E-state index is -0.235. The van der Waals surface area contributed by atoms with Gasteiger partial charge in [-0.1, -0.05) is 0 Å². The van der Waals surface area contributed by atoms with Crippen molar-refractivity contribution in [1.29, 1.82) is 0 Å². The van der Waals surface area contributed by atoms with E-state index in [9.17, 15) is 4.79 Å². The third-order valence-corrected chi connectivity index (χ3v) is 3.55. The number of nitrogens with one attached hydrogen (secondary N) is 2. The van der Waals surface area contributed by atoms with E-state index in [1.807, 2.05) is 32.2 Å². The SMILES string of the molecule is COc1ccc2[nH]c(C(=O)NC(C)c3nncn3C)cc2c1. The first-order valence-electron chi connectivity index (χ1n) is 6.90. The molecule has 0 bridgehead atoms. The molecule has 2 heterocycles. The summed E-state index contributed by atoms with van der Waals surface area (Å²) < 4.78 is 6.97. The summed E-state index contributed by atoms with van der Waals surface area (Å²) in [4.78, 5) is 15.5. The summed E-state index contributed by atoms with van der Waals surface area (Å²) in [6.45, 7) is 1.87. The molecule has 114 valence electrons. The summed E-state index contributed by atoms with van der Waals surface area (Å²) in [5, 5.41) is 11.6. The number of methoxy groups -OCH3 is 1.